The summed E-state index contributed by atoms with van der Waals surface area (Å²) in [5.74, 6) is 0.0908. The highest BCUT2D eigenvalue weighted by atomic mass is 16.1. The molecule has 7 heteroatoms. The molecule has 1 aromatic carbocycles. The molecular formula is C16H17N5O2. The molecule has 0 amide bonds. The lowest BCUT2D eigenvalue weighted by Crippen LogP contribution is -2.14. The number of carbonyl (C=O) groups is 1. The average Bonchev–Trinajstić information content (AvgIpc) is 2.91. The summed E-state index contributed by atoms with van der Waals surface area (Å²) in [5.41, 5.74) is 11.5. The van der Waals surface area contributed by atoms with Crippen LogP contribution in [0.5, 0.6) is 0 Å². The van der Waals surface area contributed by atoms with Gasteiger partial charge in [0.05, 0.1) is 5.39 Å². The van der Waals surface area contributed by atoms with Crippen LogP contribution in [0.1, 0.15) is 21.5 Å². The summed E-state index contributed by atoms with van der Waals surface area (Å²) in [6.07, 6.45) is 4.11. The van der Waals surface area contributed by atoms with Crippen molar-refractivity contribution in [3.8, 4) is 0 Å². The van der Waals surface area contributed by atoms with Gasteiger partial charge in [-0.1, -0.05) is 24.3 Å². The Morgan fingerprint density at radius 3 is 2.70 bits per heavy atom. The Labute approximate surface area is 132 Å². The molecule has 0 aliphatic carbocycles. The minimum atomic E-state index is -0.243. The maximum absolute atomic E-state index is 12.2. The van der Waals surface area contributed by atoms with Crippen molar-refractivity contribution < 1.29 is 4.79 Å². The van der Waals surface area contributed by atoms with E-state index in [1.165, 1.54) is 0 Å². The van der Waals surface area contributed by atoms with Crippen LogP contribution in [0.3, 0.4) is 0 Å². The van der Waals surface area contributed by atoms with Crippen molar-refractivity contribution in [2.45, 2.75) is 12.8 Å². The van der Waals surface area contributed by atoms with Gasteiger partial charge in [0.1, 0.15) is 6.29 Å². The Kier molecular flexibility index (Phi) is 3.84. The van der Waals surface area contributed by atoms with E-state index in [0.717, 1.165) is 23.8 Å². The highest BCUT2D eigenvalue weighted by molar-refractivity contribution is 5.80. The Morgan fingerprint density at radius 1 is 1.30 bits per heavy atom. The zero-order valence-corrected chi connectivity index (χ0v) is 12.7. The lowest BCUT2D eigenvalue weighted by Gasteiger charge is -2.01. The molecule has 0 unspecified atom stereocenters. The quantitative estimate of drug-likeness (QED) is 0.611. The predicted molar refractivity (Wildman–Crippen MR) is 89.3 cm³/mol. The highest BCUT2D eigenvalue weighted by Gasteiger charge is 2.14. The summed E-state index contributed by atoms with van der Waals surface area (Å²) < 4.78 is 1.69. The topological polar surface area (TPSA) is 106 Å². The van der Waals surface area contributed by atoms with E-state index in [1.807, 2.05) is 18.3 Å². The number of aromatic amines is 1. The molecule has 3 aromatic rings. The van der Waals surface area contributed by atoms with Gasteiger partial charge in [0, 0.05) is 18.8 Å². The highest BCUT2D eigenvalue weighted by Crippen LogP contribution is 2.18. The number of benzene rings is 1. The van der Waals surface area contributed by atoms with Gasteiger partial charge in [-0.2, -0.15) is 4.98 Å². The Bertz CT molecular complexity index is 909. The van der Waals surface area contributed by atoms with Crippen LogP contribution in [-0.4, -0.2) is 28.0 Å². The molecule has 0 radical (unpaired) electrons. The summed E-state index contributed by atoms with van der Waals surface area (Å²) in [4.78, 5) is 29.6. The van der Waals surface area contributed by atoms with Gasteiger partial charge in [0.25, 0.3) is 5.56 Å². The van der Waals surface area contributed by atoms with Crippen molar-refractivity contribution in [2.24, 2.45) is 0 Å². The standard InChI is InChI=1S/C16H17N5O2/c1-18-21-8-12(13-14(21)19-16(17)20-15(13)23)7-6-10-2-4-11(9-22)5-3-10/h2-5,8-9,18H,6-7H2,1H3,(H3,17,19,20,23). The molecule has 0 aliphatic heterocycles. The molecule has 0 saturated carbocycles. The first kappa shape index (κ1) is 14.8. The van der Waals surface area contributed by atoms with Gasteiger partial charge in [0.15, 0.2) is 5.65 Å². The van der Waals surface area contributed by atoms with Crippen LogP contribution in [0.25, 0.3) is 11.0 Å². The van der Waals surface area contributed by atoms with E-state index in [2.05, 4.69) is 15.4 Å². The maximum atomic E-state index is 12.2. The lowest BCUT2D eigenvalue weighted by molar-refractivity contribution is 0.112. The van der Waals surface area contributed by atoms with E-state index in [-0.39, 0.29) is 11.5 Å². The fourth-order valence-corrected chi connectivity index (χ4v) is 2.63. The van der Waals surface area contributed by atoms with Crippen molar-refractivity contribution in [1.29, 1.82) is 0 Å². The number of hydrogen-bond acceptors (Lipinski definition) is 5. The van der Waals surface area contributed by atoms with E-state index in [4.69, 9.17) is 5.73 Å². The molecule has 0 spiro atoms. The third-order valence-corrected chi connectivity index (χ3v) is 3.79. The van der Waals surface area contributed by atoms with E-state index in [0.29, 0.717) is 23.0 Å². The number of nitrogen functional groups attached to an aromatic ring is 1. The van der Waals surface area contributed by atoms with Gasteiger partial charge < -0.3 is 11.2 Å². The average molecular weight is 311 g/mol. The molecule has 0 fully saturated rings. The van der Waals surface area contributed by atoms with Crippen LogP contribution in [0.2, 0.25) is 0 Å². The zero-order valence-electron chi connectivity index (χ0n) is 12.7. The molecule has 3 rings (SSSR count). The fraction of sp³-hybridized carbons (Fsp3) is 0.188. The molecular weight excluding hydrogens is 294 g/mol. The Morgan fingerprint density at radius 2 is 2.04 bits per heavy atom. The van der Waals surface area contributed by atoms with Crippen LogP contribution >= 0.6 is 0 Å². The van der Waals surface area contributed by atoms with E-state index in [9.17, 15) is 9.59 Å². The normalized spacial score (nSPS) is 10.8. The first-order chi connectivity index (χ1) is 11.1. The zero-order chi connectivity index (χ0) is 16.4. The second-order valence-corrected chi connectivity index (χ2v) is 5.26. The molecule has 0 saturated heterocycles. The van der Waals surface area contributed by atoms with Crippen LogP contribution in [0.15, 0.2) is 35.3 Å². The number of hydrogen-bond donors (Lipinski definition) is 3. The largest absolute Gasteiger partial charge is 0.369 e. The molecule has 7 nitrogen and oxygen atoms in total. The van der Waals surface area contributed by atoms with Crippen molar-refractivity contribution in [2.75, 3.05) is 18.2 Å². The van der Waals surface area contributed by atoms with E-state index in [1.54, 1.807) is 23.9 Å². The number of aryl methyl sites for hydroxylation is 2. The van der Waals surface area contributed by atoms with Crippen LogP contribution in [0.4, 0.5) is 5.95 Å². The summed E-state index contributed by atoms with van der Waals surface area (Å²) in [6.45, 7) is 0. The first-order valence-electron chi connectivity index (χ1n) is 7.24. The van der Waals surface area contributed by atoms with E-state index >= 15 is 0 Å². The fourth-order valence-electron chi connectivity index (χ4n) is 2.63. The van der Waals surface area contributed by atoms with Gasteiger partial charge in [-0.15, -0.1) is 0 Å². The maximum Gasteiger partial charge on any atom is 0.262 e. The number of nitrogens with two attached hydrogens (primary N) is 1. The van der Waals surface area contributed by atoms with Crippen molar-refractivity contribution >= 4 is 23.3 Å². The van der Waals surface area contributed by atoms with Crippen LogP contribution in [-0.2, 0) is 12.8 Å². The summed E-state index contributed by atoms with van der Waals surface area (Å²) in [6, 6.07) is 7.41. The number of nitrogens with one attached hydrogen (secondary N) is 2. The predicted octanol–water partition coefficient (Wildman–Crippen LogP) is 1.08. The molecule has 0 bridgehead atoms. The number of fused-ring (bicyclic) bond motifs is 1. The van der Waals surface area contributed by atoms with Gasteiger partial charge in [-0.3, -0.25) is 14.6 Å². The van der Waals surface area contributed by atoms with Gasteiger partial charge in [0.2, 0.25) is 5.95 Å². The minimum absolute atomic E-state index is 0.0908. The van der Waals surface area contributed by atoms with Gasteiger partial charge in [-0.05, 0) is 24.0 Å². The smallest absolute Gasteiger partial charge is 0.262 e. The third kappa shape index (κ3) is 2.80. The summed E-state index contributed by atoms with van der Waals surface area (Å²) in [5, 5.41) is 0.540. The molecule has 2 aromatic heterocycles. The molecule has 0 atom stereocenters. The second kappa shape index (κ2) is 5.96. The van der Waals surface area contributed by atoms with Gasteiger partial charge in [-0.25, -0.2) is 4.68 Å². The number of carbonyl (C=O) groups excluding carboxylic acids is 1. The lowest BCUT2D eigenvalue weighted by atomic mass is 10.0. The number of anilines is 1. The molecule has 2 heterocycles. The van der Waals surface area contributed by atoms with E-state index < -0.39 is 0 Å². The minimum Gasteiger partial charge on any atom is -0.369 e. The van der Waals surface area contributed by atoms with Gasteiger partial charge >= 0.3 is 0 Å². The SMILES string of the molecule is CNn1cc(CCc2ccc(C=O)cc2)c2c(=O)[nH]c(N)nc21. The van der Waals surface area contributed by atoms with Crippen molar-refractivity contribution in [3.05, 3.63) is 57.5 Å². The molecule has 0 aliphatic rings. The van der Waals surface area contributed by atoms with Crippen LogP contribution in [0, 0.1) is 0 Å². The summed E-state index contributed by atoms with van der Waals surface area (Å²) >= 11 is 0. The Balaban J connectivity index is 1.93. The molecule has 4 N–H and O–H groups in total. The monoisotopic (exact) mass is 311 g/mol. The number of rotatable bonds is 5. The van der Waals surface area contributed by atoms with Crippen LogP contribution < -0.4 is 16.7 Å². The van der Waals surface area contributed by atoms with Crippen molar-refractivity contribution in [3.63, 3.8) is 0 Å². The Hall–Kier alpha value is -3.09. The molecule has 118 valence electrons. The first-order valence-corrected chi connectivity index (χ1v) is 7.24. The summed E-state index contributed by atoms with van der Waals surface area (Å²) in [7, 11) is 1.75. The number of aldehydes is 1. The number of nitrogens with zero attached hydrogens (tertiary/aromatic N) is 2. The number of H-pyrrole nitrogens is 1. The third-order valence-electron chi connectivity index (χ3n) is 3.79. The second-order valence-electron chi connectivity index (χ2n) is 5.26. The van der Waals surface area contributed by atoms with Crippen molar-refractivity contribution in [1.82, 2.24) is 14.6 Å². The number of aromatic nitrogens is 3. The molecule has 23 heavy (non-hydrogen) atoms.